The normalized spacial score (nSPS) is 10.3. The van der Waals surface area contributed by atoms with Gasteiger partial charge in [-0.25, -0.2) is 9.78 Å². The van der Waals surface area contributed by atoms with Gasteiger partial charge in [0, 0.05) is 10.9 Å². The summed E-state index contributed by atoms with van der Waals surface area (Å²) < 4.78 is 4.67. The largest absolute Gasteiger partial charge is 0.464 e. The molecule has 0 amide bonds. The minimum Gasteiger partial charge on any atom is -0.464 e. The van der Waals surface area contributed by atoms with Gasteiger partial charge >= 0.3 is 5.97 Å². The van der Waals surface area contributed by atoms with Crippen molar-refractivity contribution in [3.8, 4) is 21.7 Å². The first-order valence-electron chi connectivity index (χ1n) is 6.47. The molecule has 3 aromatic rings. The second-order valence-corrected chi connectivity index (χ2v) is 5.33. The van der Waals surface area contributed by atoms with Crippen LogP contribution in [0.5, 0.6) is 0 Å². The standard InChI is InChI=1S/C17H13NO2S/c1-20-17(19)15-11-21-16(18-15)14-9-7-13(8-10-14)12-5-3-2-4-6-12/h2-11H,1H3. The van der Waals surface area contributed by atoms with Crippen molar-refractivity contribution in [1.82, 2.24) is 4.98 Å². The molecule has 0 saturated heterocycles. The van der Waals surface area contributed by atoms with Gasteiger partial charge in [-0.3, -0.25) is 0 Å². The maximum atomic E-state index is 11.4. The Hall–Kier alpha value is -2.46. The van der Waals surface area contributed by atoms with Gasteiger partial charge < -0.3 is 4.74 Å². The third-order valence-corrected chi connectivity index (χ3v) is 4.03. The fourth-order valence-corrected chi connectivity index (χ4v) is 2.84. The summed E-state index contributed by atoms with van der Waals surface area (Å²) in [6.45, 7) is 0. The third-order valence-electron chi connectivity index (χ3n) is 3.14. The zero-order chi connectivity index (χ0) is 14.7. The van der Waals surface area contributed by atoms with Crippen molar-refractivity contribution in [3.05, 3.63) is 65.7 Å². The number of carbonyl (C=O) groups is 1. The Morgan fingerprint density at radius 1 is 0.952 bits per heavy atom. The van der Waals surface area contributed by atoms with Gasteiger partial charge in [0.1, 0.15) is 5.01 Å². The van der Waals surface area contributed by atoms with Crippen molar-refractivity contribution in [2.45, 2.75) is 0 Å². The number of nitrogens with zero attached hydrogens (tertiary/aromatic N) is 1. The van der Waals surface area contributed by atoms with Crippen molar-refractivity contribution in [2.75, 3.05) is 7.11 Å². The first-order chi connectivity index (χ1) is 10.3. The van der Waals surface area contributed by atoms with Gasteiger partial charge in [0.05, 0.1) is 7.11 Å². The van der Waals surface area contributed by atoms with Gasteiger partial charge in [0.2, 0.25) is 0 Å². The Labute approximate surface area is 126 Å². The number of hydrogen-bond acceptors (Lipinski definition) is 4. The van der Waals surface area contributed by atoms with Crippen molar-refractivity contribution < 1.29 is 9.53 Å². The van der Waals surface area contributed by atoms with Crippen LogP contribution in [0.1, 0.15) is 10.5 Å². The van der Waals surface area contributed by atoms with E-state index in [2.05, 4.69) is 34.0 Å². The molecule has 0 radical (unpaired) electrons. The van der Waals surface area contributed by atoms with Gasteiger partial charge in [-0.2, -0.15) is 0 Å². The Kier molecular flexibility index (Phi) is 3.79. The van der Waals surface area contributed by atoms with Crippen LogP contribution in [0.15, 0.2) is 60.0 Å². The Bertz CT molecular complexity index is 748. The molecule has 0 fully saturated rings. The molecule has 1 aromatic heterocycles. The van der Waals surface area contributed by atoms with E-state index in [0.717, 1.165) is 16.1 Å². The van der Waals surface area contributed by atoms with Crippen LogP contribution in [-0.2, 0) is 4.74 Å². The van der Waals surface area contributed by atoms with Crippen molar-refractivity contribution in [1.29, 1.82) is 0 Å². The van der Waals surface area contributed by atoms with Gasteiger partial charge in [0.25, 0.3) is 0 Å². The number of benzene rings is 2. The number of methoxy groups -OCH3 is 1. The fourth-order valence-electron chi connectivity index (χ4n) is 2.04. The highest BCUT2D eigenvalue weighted by atomic mass is 32.1. The van der Waals surface area contributed by atoms with Gasteiger partial charge in [-0.15, -0.1) is 11.3 Å². The maximum absolute atomic E-state index is 11.4. The lowest BCUT2D eigenvalue weighted by Crippen LogP contribution is -2.00. The SMILES string of the molecule is COC(=O)c1csc(-c2ccc(-c3ccccc3)cc2)n1. The number of carbonyl (C=O) groups excluding carboxylic acids is 1. The summed E-state index contributed by atoms with van der Waals surface area (Å²) in [5.41, 5.74) is 3.68. The highest BCUT2D eigenvalue weighted by Gasteiger charge is 2.11. The molecule has 3 nitrogen and oxygen atoms in total. The molecule has 0 saturated carbocycles. The number of hydrogen-bond donors (Lipinski definition) is 0. The molecule has 0 N–H and O–H groups in total. The first-order valence-corrected chi connectivity index (χ1v) is 7.35. The summed E-state index contributed by atoms with van der Waals surface area (Å²) in [7, 11) is 1.36. The van der Waals surface area contributed by atoms with Crippen LogP contribution >= 0.6 is 11.3 Å². The molecule has 0 spiro atoms. The van der Waals surface area contributed by atoms with Gasteiger partial charge in [-0.1, -0.05) is 54.6 Å². The van der Waals surface area contributed by atoms with E-state index in [1.54, 1.807) is 5.38 Å². The molecule has 0 atom stereocenters. The minimum atomic E-state index is -0.404. The van der Waals surface area contributed by atoms with E-state index >= 15 is 0 Å². The monoisotopic (exact) mass is 295 g/mol. The third kappa shape index (κ3) is 2.85. The summed E-state index contributed by atoms with van der Waals surface area (Å²) in [5, 5.41) is 2.53. The highest BCUT2D eigenvalue weighted by Crippen LogP contribution is 2.27. The van der Waals surface area contributed by atoms with E-state index < -0.39 is 5.97 Å². The number of esters is 1. The predicted molar refractivity (Wildman–Crippen MR) is 84.3 cm³/mol. The van der Waals surface area contributed by atoms with Crippen LogP contribution in [-0.4, -0.2) is 18.1 Å². The molecule has 4 heteroatoms. The smallest absolute Gasteiger partial charge is 0.357 e. The quantitative estimate of drug-likeness (QED) is 0.678. The van der Waals surface area contributed by atoms with Crippen molar-refractivity contribution >= 4 is 17.3 Å². The first kappa shape index (κ1) is 13.5. The number of thiazole rings is 1. The topological polar surface area (TPSA) is 39.2 Å². The molecule has 2 aromatic carbocycles. The zero-order valence-electron chi connectivity index (χ0n) is 11.4. The number of aromatic nitrogens is 1. The molecule has 21 heavy (non-hydrogen) atoms. The molecule has 104 valence electrons. The minimum absolute atomic E-state index is 0.352. The lowest BCUT2D eigenvalue weighted by Gasteiger charge is -2.02. The van der Waals surface area contributed by atoms with Crippen molar-refractivity contribution in [3.63, 3.8) is 0 Å². The lowest BCUT2D eigenvalue weighted by molar-refractivity contribution is 0.0595. The lowest BCUT2D eigenvalue weighted by atomic mass is 10.0. The zero-order valence-corrected chi connectivity index (χ0v) is 12.3. The molecular formula is C17H13NO2S. The average Bonchev–Trinajstić information content (AvgIpc) is 3.05. The van der Waals surface area contributed by atoms with Gasteiger partial charge in [0.15, 0.2) is 5.69 Å². The molecule has 0 aliphatic rings. The predicted octanol–water partition coefficient (Wildman–Crippen LogP) is 4.26. The Morgan fingerprint density at radius 2 is 1.57 bits per heavy atom. The second-order valence-electron chi connectivity index (χ2n) is 4.47. The van der Waals surface area contributed by atoms with E-state index in [0.29, 0.717) is 5.69 Å². The Balaban J connectivity index is 1.87. The molecular weight excluding hydrogens is 282 g/mol. The molecule has 0 aliphatic heterocycles. The summed E-state index contributed by atoms with van der Waals surface area (Å²) in [5.74, 6) is -0.404. The molecule has 3 rings (SSSR count). The van der Waals surface area contributed by atoms with Crippen LogP contribution in [0.2, 0.25) is 0 Å². The van der Waals surface area contributed by atoms with Crippen LogP contribution in [0.4, 0.5) is 0 Å². The number of rotatable bonds is 3. The van der Waals surface area contributed by atoms with E-state index in [1.165, 1.54) is 24.0 Å². The molecule has 0 bridgehead atoms. The van der Waals surface area contributed by atoms with Crippen LogP contribution in [0.3, 0.4) is 0 Å². The van der Waals surface area contributed by atoms with Gasteiger partial charge in [-0.05, 0) is 11.1 Å². The fraction of sp³-hybridized carbons (Fsp3) is 0.0588. The van der Waals surface area contributed by atoms with Crippen LogP contribution in [0, 0.1) is 0 Å². The maximum Gasteiger partial charge on any atom is 0.357 e. The van der Waals surface area contributed by atoms with E-state index in [9.17, 15) is 4.79 Å². The van der Waals surface area contributed by atoms with Crippen LogP contribution in [0.25, 0.3) is 21.7 Å². The summed E-state index contributed by atoms with van der Waals surface area (Å²) in [6, 6.07) is 18.3. The van der Waals surface area contributed by atoms with E-state index in [4.69, 9.17) is 0 Å². The summed E-state index contributed by atoms with van der Waals surface area (Å²) in [4.78, 5) is 15.7. The summed E-state index contributed by atoms with van der Waals surface area (Å²) >= 11 is 1.44. The average molecular weight is 295 g/mol. The highest BCUT2D eigenvalue weighted by molar-refractivity contribution is 7.13. The van der Waals surface area contributed by atoms with E-state index in [1.807, 2.05) is 30.3 Å². The van der Waals surface area contributed by atoms with E-state index in [-0.39, 0.29) is 0 Å². The Morgan fingerprint density at radius 3 is 2.24 bits per heavy atom. The number of ether oxygens (including phenoxy) is 1. The second kappa shape index (κ2) is 5.89. The summed E-state index contributed by atoms with van der Waals surface area (Å²) in [6.07, 6.45) is 0. The van der Waals surface area contributed by atoms with Crippen molar-refractivity contribution in [2.24, 2.45) is 0 Å². The van der Waals surface area contributed by atoms with Crippen LogP contribution < -0.4 is 0 Å². The molecule has 0 aliphatic carbocycles. The molecule has 1 heterocycles. The molecule has 0 unspecified atom stereocenters.